The van der Waals surface area contributed by atoms with Gasteiger partial charge in [0.05, 0.1) is 4.92 Å². The molecule has 24 heavy (non-hydrogen) atoms. The fraction of sp³-hybridized carbons (Fsp3) is 0.176. The molecule has 0 saturated heterocycles. The summed E-state index contributed by atoms with van der Waals surface area (Å²) in [6.07, 6.45) is 0.469. The number of nitrogens with zero attached hydrogens (tertiary/aromatic N) is 3. The van der Waals surface area contributed by atoms with Crippen LogP contribution in [0, 0.1) is 27.9 Å². The second-order valence-corrected chi connectivity index (χ2v) is 5.36. The number of benzene rings is 2. The van der Waals surface area contributed by atoms with E-state index in [1.807, 2.05) is 31.2 Å². The molecule has 2 aromatic carbocycles. The van der Waals surface area contributed by atoms with Crippen LogP contribution in [0.15, 0.2) is 58.8 Å². The number of nitrogens with one attached hydrogen (secondary N) is 2. The molecule has 2 rings (SSSR count). The lowest BCUT2D eigenvalue weighted by molar-refractivity contribution is -0.384. The molecule has 0 aliphatic heterocycles. The Morgan fingerprint density at radius 3 is 2.17 bits per heavy atom. The van der Waals surface area contributed by atoms with Crippen molar-refractivity contribution in [2.24, 2.45) is 10.2 Å². The van der Waals surface area contributed by atoms with E-state index in [4.69, 9.17) is 10.8 Å². The van der Waals surface area contributed by atoms with E-state index in [2.05, 4.69) is 10.2 Å². The Balaban J connectivity index is 1.92. The smallest absolute Gasteiger partial charge is 0.269 e. The molecule has 0 atom stereocenters. The van der Waals surface area contributed by atoms with Crippen LogP contribution in [-0.4, -0.2) is 16.6 Å². The van der Waals surface area contributed by atoms with Gasteiger partial charge in [0, 0.05) is 25.0 Å². The zero-order valence-electron chi connectivity index (χ0n) is 13.2. The molecule has 0 aliphatic carbocycles. The van der Waals surface area contributed by atoms with E-state index in [0.29, 0.717) is 12.0 Å². The highest BCUT2D eigenvalue weighted by Crippen LogP contribution is 2.14. The highest BCUT2D eigenvalue weighted by molar-refractivity contribution is 5.86. The Morgan fingerprint density at radius 1 is 1.00 bits per heavy atom. The Labute approximate surface area is 139 Å². The maximum absolute atomic E-state index is 10.7. The summed E-state index contributed by atoms with van der Waals surface area (Å²) in [6, 6.07) is 13.8. The summed E-state index contributed by atoms with van der Waals surface area (Å²) >= 11 is 0. The van der Waals surface area contributed by atoms with Gasteiger partial charge in [-0.15, -0.1) is 10.2 Å². The largest absolute Gasteiger partial charge is 0.285 e. The first-order chi connectivity index (χ1) is 11.4. The first kappa shape index (κ1) is 17.1. The number of nitro benzene ring substituents is 1. The maximum Gasteiger partial charge on any atom is 0.269 e. The normalized spacial score (nSPS) is 10.7. The minimum Gasteiger partial charge on any atom is -0.285 e. The second kappa shape index (κ2) is 7.87. The van der Waals surface area contributed by atoms with Gasteiger partial charge in [-0.1, -0.05) is 42.0 Å². The van der Waals surface area contributed by atoms with Gasteiger partial charge in [-0.2, -0.15) is 0 Å². The molecule has 0 spiro atoms. The van der Waals surface area contributed by atoms with E-state index in [0.717, 1.165) is 11.1 Å². The van der Waals surface area contributed by atoms with Gasteiger partial charge in [0.2, 0.25) is 0 Å². The minimum atomic E-state index is -0.480. The monoisotopic (exact) mass is 323 g/mol. The van der Waals surface area contributed by atoms with Crippen molar-refractivity contribution in [2.75, 3.05) is 0 Å². The van der Waals surface area contributed by atoms with Crippen molar-refractivity contribution in [2.45, 2.75) is 19.8 Å². The number of non-ortho nitro benzene ring substituents is 1. The molecule has 0 heterocycles. The van der Waals surface area contributed by atoms with Crippen molar-refractivity contribution in [1.29, 1.82) is 10.8 Å². The third-order valence-corrected chi connectivity index (χ3v) is 3.28. The van der Waals surface area contributed by atoms with E-state index in [9.17, 15) is 10.1 Å². The van der Waals surface area contributed by atoms with Gasteiger partial charge in [-0.3, -0.25) is 20.9 Å². The fourth-order valence-electron chi connectivity index (χ4n) is 2.06. The van der Waals surface area contributed by atoms with Gasteiger partial charge in [0.1, 0.15) is 11.7 Å². The standard InChI is InChI=1S/C17H17N5O2/c1-12-5-7-13(8-6-12)10-16(18)20-21-17(19)11-14-3-2-4-15(9-14)22(23)24/h2-9,18-19H,10-11H2,1H3. The molecule has 0 aromatic heterocycles. The first-order valence-electron chi connectivity index (χ1n) is 7.29. The van der Waals surface area contributed by atoms with Crippen LogP contribution in [0.2, 0.25) is 0 Å². The second-order valence-electron chi connectivity index (χ2n) is 5.36. The lowest BCUT2D eigenvalue weighted by Gasteiger charge is -2.01. The molecule has 7 heteroatoms. The Bertz CT molecular complexity index is 797. The number of hydrogen-bond acceptors (Lipinski definition) is 4. The van der Waals surface area contributed by atoms with Gasteiger partial charge in [0.25, 0.3) is 5.69 Å². The molecular formula is C17H17N5O2. The molecule has 0 bridgehead atoms. The Kier molecular flexibility index (Phi) is 5.62. The Morgan fingerprint density at radius 2 is 1.58 bits per heavy atom. The minimum absolute atomic E-state index is 0.0237. The van der Waals surface area contributed by atoms with Crippen LogP contribution in [0.25, 0.3) is 0 Å². The SMILES string of the molecule is Cc1ccc(CC(=N)N=NC(=N)Cc2cccc([N+](=O)[O-])c2)cc1. The average Bonchev–Trinajstić information content (AvgIpc) is 2.55. The van der Waals surface area contributed by atoms with Crippen LogP contribution in [0.4, 0.5) is 5.69 Å². The highest BCUT2D eigenvalue weighted by Gasteiger charge is 2.07. The fourth-order valence-corrected chi connectivity index (χ4v) is 2.06. The number of amidine groups is 2. The molecule has 122 valence electrons. The van der Waals surface area contributed by atoms with Crippen LogP contribution >= 0.6 is 0 Å². The molecule has 0 radical (unpaired) electrons. The summed E-state index contributed by atoms with van der Waals surface area (Å²) in [5, 5.41) is 33.8. The summed E-state index contributed by atoms with van der Waals surface area (Å²) in [6.45, 7) is 1.99. The predicted molar refractivity (Wildman–Crippen MR) is 92.0 cm³/mol. The van der Waals surface area contributed by atoms with E-state index in [1.165, 1.54) is 12.1 Å². The van der Waals surface area contributed by atoms with Crippen molar-refractivity contribution in [1.82, 2.24) is 0 Å². The van der Waals surface area contributed by atoms with Crippen LogP contribution in [-0.2, 0) is 12.8 Å². The lowest BCUT2D eigenvalue weighted by atomic mass is 10.1. The molecule has 0 aliphatic rings. The number of aryl methyl sites for hydroxylation is 1. The van der Waals surface area contributed by atoms with Crippen molar-refractivity contribution >= 4 is 17.4 Å². The lowest BCUT2D eigenvalue weighted by Crippen LogP contribution is -2.01. The summed E-state index contributed by atoms with van der Waals surface area (Å²) in [7, 11) is 0. The van der Waals surface area contributed by atoms with Gasteiger partial charge >= 0.3 is 0 Å². The molecule has 0 amide bonds. The summed E-state index contributed by atoms with van der Waals surface area (Å²) in [5.74, 6) is 0.00630. The van der Waals surface area contributed by atoms with Crippen LogP contribution in [0.5, 0.6) is 0 Å². The molecule has 0 unspecified atom stereocenters. The van der Waals surface area contributed by atoms with Crippen molar-refractivity contribution in [3.63, 3.8) is 0 Å². The summed E-state index contributed by atoms with van der Waals surface area (Å²) < 4.78 is 0. The van der Waals surface area contributed by atoms with E-state index in [1.54, 1.807) is 12.1 Å². The average molecular weight is 323 g/mol. The molecule has 7 nitrogen and oxygen atoms in total. The van der Waals surface area contributed by atoms with Crippen LogP contribution < -0.4 is 0 Å². The van der Waals surface area contributed by atoms with E-state index >= 15 is 0 Å². The van der Waals surface area contributed by atoms with Gasteiger partial charge in [-0.05, 0) is 18.1 Å². The van der Waals surface area contributed by atoms with Gasteiger partial charge in [-0.25, -0.2) is 0 Å². The number of hydrogen-bond donors (Lipinski definition) is 2. The molecule has 2 aromatic rings. The maximum atomic E-state index is 10.7. The molecule has 2 N–H and O–H groups in total. The number of rotatable bonds is 5. The molecule has 0 fully saturated rings. The summed E-state index contributed by atoms with van der Waals surface area (Å²) in [5.41, 5.74) is 2.68. The van der Waals surface area contributed by atoms with Gasteiger partial charge in [0.15, 0.2) is 0 Å². The third kappa shape index (κ3) is 5.20. The Hall–Kier alpha value is -3.22. The third-order valence-electron chi connectivity index (χ3n) is 3.28. The molecular weight excluding hydrogens is 306 g/mol. The number of nitro groups is 1. The number of azo groups is 1. The molecule has 0 saturated carbocycles. The zero-order chi connectivity index (χ0) is 17.5. The van der Waals surface area contributed by atoms with E-state index < -0.39 is 4.92 Å². The van der Waals surface area contributed by atoms with Crippen molar-refractivity contribution < 1.29 is 4.92 Å². The van der Waals surface area contributed by atoms with E-state index in [-0.39, 0.29) is 23.8 Å². The van der Waals surface area contributed by atoms with Crippen molar-refractivity contribution in [3.05, 3.63) is 75.3 Å². The van der Waals surface area contributed by atoms with Crippen LogP contribution in [0.1, 0.15) is 16.7 Å². The van der Waals surface area contributed by atoms with Gasteiger partial charge < -0.3 is 0 Å². The quantitative estimate of drug-likeness (QED) is 0.283. The first-order valence-corrected chi connectivity index (χ1v) is 7.29. The topological polar surface area (TPSA) is 116 Å². The highest BCUT2D eigenvalue weighted by atomic mass is 16.6. The summed E-state index contributed by atoms with van der Waals surface area (Å²) in [4.78, 5) is 10.3. The van der Waals surface area contributed by atoms with Crippen molar-refractivity contribution in [3.8, 4) is 0 Å². The zero-order valence-corrected chi connectivity index (χ0v) is 13.2. The predicted octanol–water partition coefficient (Wildman–Crippen LogP) is 4.10. The van der Waals surface area contributed by atoms with Crippen LogP contribution in [0.3, 0.4) is 0 Å².